The molecule has 2 heterocycles. The second-order valence-corrected chi connectivity index (χ2v) is 11.3. The number of para-hydroxylation sites is 1. The summed E-state index contributed by atoms with van der Waals surface area (Å²) in [6.45, 7) is 6.37. The summed E-state index contributed by atoms with van der Waals surface area (Å²) in [7, 11) is 0. The second-order valence-electron chi connectivity index (χ2n) is 11.3. The number of phenolic OH excluding ortho intramolecular Hbond substituents is 1. The van der Waals surface area contributed by atoms with Crippen molar-refractivity contribution in [2.24, 2.45) is 0 Å². The third-order valence-corrected chi connectivity index (χ3v) is 7.69. The number of aromatic nitrogens is 1. The Bertz CT molecular complexity index is 1320. The lowest BCUT2D eigenvalue weighted by Crippen LogP contribution is -2.54. The van der Waals surface area contributed by atoms with Crippen molar-refractivity contribution in [2.75, 3.05) is 13.1 Å². The number of likely N-dealkylation sites (tertiary alicyclic amines) is 1. The fourth-order valence-corrected chi connectivity index (χ4v) is 5.97. The molecular formula is C29H35N3O5. The van der Waals surface area contributed by atoms with Crippen molar-refractivity contribution in [1.82, 2.24) is 15.2 Å². The molecule has 1 spiro atoms. The Hall–Kier alpha value is -3.52. The van der Waals surface area contributed by atoms with Crippen LogP contribution in [0.25, 0.3) is 10.9 Å². The number of amides is 2. The number of carbonyl (C=O) groups is 2. The molecule has 8 nitrogen and oxygen atoms in total. The van der Waals surface area contributed by atoms with Gasteiger partial charge in [-0.2, -0.15) is 0 Å². The van der Waals surface area contributed by atoms with E-state index < -0.39 is 23.8 Å². The van der Waals surface area contributed by atoms with Crippen LogP contribution in [0.1, 0.15) is 62.8 Å². The Kier molecular flexibility index (Phi) is 6.40. The molecule has 0 saturated carbocycles. The zero-order valence-corrected chi connectivity index (χ0v) is 21.6. The lowest BCUT2D eigenvalue weighted by Gasteiger charge is -2.41. The topological polar surface area (TPSA) is 115 Å². The lowest BCUT2D eigenvalue weighted by atomic mass is 9.73. The van der Waals surface area contributed by atoms with Gasteiger partial charge in [0, 0.05) is 47.6 Å². The first-order valence-corrected chi connectivity index (χ1v) is 12.9. The molecule has 2 atom stereocenters. The minimum absolute atomic E-state index is 0.126. The summed E-state index contributed by atoms with van der Waals surface area (Å²) in [6.07, 6.45) is 2.79. The van der Waals surface area contributed by atoms with E-state index in [1.165, 1.54) is 0 Å². The number of carbonyl (C=O) groups excluding carboxylic acids is 2. The molecule has 1 aliphatic carbocycles. The van der Waals surface area contributed by atoms with Gasteiger partial charge in [-0.05, 0) is 63.3 Å². The Labute approximate surface area is 216 Å². The Morgan fingerprint density at radius 3 is 2.62 bits per heavy atom. The molecule has 0 bridgehead atoms. The third-order valence-electron chi connectivity index (χ3n) is 7.69. The molecule has 8 heteroatoms. The van der Waals surface area contributed by atoms with Crippen molar-refractivity contribution in [1.29, 1.82) is 0 Å². The van der Waals surface area contributed by atoms with Crippen LogP contribution < -0.4 is 5.32 Å². The van der Waals surface area contributed by atoms with Gasteiger partial charge in [-0.15, -0.1) is 0 Å². The Morgan fingerprint density at radius 1 is 1.16 bits per heavy atom. The van der Waals surface area contributed by atoms with Crippen LogP contribution in [-0.2, 0) is 21.4 Å². The summed E-state index contributed by atoms with van der Waals surface area (Å²) in [4.78, 5) is 31.5. The van der Waals surface area contributed by atoms with E-state index in [9.17, 15) is 19.8 Å². The number of nitrogens with one attached hydrogen (secondary N) is 2. The van der Waals surface area contributed by atoms with E-state index in [1.54, 1.807) is 31.7 Å². The van der Waals surface area contributed by atoms with E-state index in [0.717, 1.165) is 22.0 Å². The van der Waals surface area contributed by atoms with Gasteiger partial charge in [0.25, 0.3) is 0 Å². The predicted octanol–water partition coefficient (Wildman–Crippen LogP) is 4.31. The average molecular weight is 506 g/mol. The SMILES string of the molecule is CC(C)(C)OC(=O)N[C@@H](Cc1c[nH]c2ccccc12)C(=O)N1CCC2(CC1)C[C@@H](O)c1c(O)cccc12. The van der Waals surface area contributed by atoms with Gasteiger partial charge in [0.05, 0.1) is 6.10 Å². The van der Waals surface area contributed by atoms with E-state index in [4.69, 9.17) is 4.74 Å². The molecule has 4 N–H and O–H groups in total. The average Bonchev–Trinajstić information content (AvgIpc) is 3.37. The molecule has 5 rings (SSSR count). The van der Waals surface area contributed by atoms with Crippen LogP contribution in [0.15, 0.2) is 48.7 Å². The maximum Gasteiger partial charge on any atom is 0.408 e. The molecule has 3 aromatic rings. The number of rotatable bonds is 4. The van der Waals surface area contributed by atoms with Crippen LogP contribution in [-0.4, -0.2) is 56.8 Å². The van der Waals surface area contributed by atoms with Gasteiger partial charge >= 0.3 is 6.09 Å². The van der Waals surface area contributed by atoms with E-state index in [0.29, 0.717) is 44.3 Å². The minimum Gasteiger partial charge on any atom is -0.508 e. The maximum atomic E-state index is 13.8. The highest BCUT2D eigenvalue weighted by atomic mass is 16.6. The summed E-state index contributed by atoms with van der Waals surface area (Å²) in [5.74, 6) is -0.0265. The van der Waals surface area contributed by atoms with Gasteiger partial charge in [0.1, 0.15) is 17.4 Å². The molecule has 2 aromatic carbocycles. The molecule has 0 radical (unpaired) electrons. The van der Waals surface area contributed by atoms with Gasteiger partial charge in [-0.3, -0.25) is 4.79 Å². The molecule has 1 fully saturated rings. The van der Waals surface area contributed by atoms with E-state index >= 15 is 0 Å². The number of benzene rings is 2. The predicted molar refractivity (Wildman–Crippen MR) is 140 cm³/mol. The van der Waals surface area contributed by atoms with Crippen molar-refractivity contribution in [2.45, 2.75) is 69.6 Å². The molecular weight excluding hydrogens is 470 g/mol. The largest absolute Gasteiger partial charge is 0.508 e. The maximum absolute atomic E-state index is 13.8. The first-order chi connectivity index (χ1) is 17.6. The molecule has 196 valence electrons. The van der Waals surface area contributed by atoms with E-state index in [1.807, 2.05) is 42.6 Å². The van der Waals surface area contributed by atoms with E-state index in [2.05, 4.69) is 10.3 Å². The summed E-state index contributed by atoms with van der Waals surface area (Å²) in [5.41, 5.74) is 2.57. The molecule has 1 aliphatic heterocycles. The Balaban J connectivity index is 1.35. The van der Waals surface area contributed by atoms with E-state index in [-0.39, 0.29) is 17.1 Å². The number of aromatic amines is 1. The van der Waals surface area contributed by atoms with Crippen molar-refractivity contribution < 1.29 is 24.5 Å². The second kappa shape index (κ2) is 9.41. The van der Waals surface area contributed by atoms with Crippen LogP contribution in [0.2, 0.25) is 0 Å². The number of H-pyrrole nitrogens is 1. The van der Waals surface area contributed by atoms with Gasteiger partial charge < -0.3 is 30.2 Å². The molecule has 1 aromatic heterocycles. The summed E-state index contributed by atoms with van der Waals surface area (Å²) < 4.78 is 5.47. The van der Waals surface area contributed by atoms with Gasteiger partial charge in [0.2, 0.25) is 5.91 Å². The Morgan fingerprint density at radius 2 is 1.89 bits per heavy atom. The summed E-state index contributed by atoms with van der Waals surface area (Å²) in [5, 5.41) is 24.8. The smallest absolute Gasteiger partial charge is 0.408 e. The van der Waals surface area contributed by atoms with Crippen molar-refractivity contribution in [3.05, 3.63) is 65.4 Å². The standard InChI is InChI=1S/C29H35N3O5/c1-28(2,3)37-27(36)31-22(15-18-17-30-21-9-5-4-7-19(18)21)26(35)32-13-11-29(12-14-32)16-24(34)25-20(29)8-6-10-23(25)33/h4-10,17,22,24,30,33-34H,11-16H2,1-3H3,(H,31,36)/t22-,24+/m0/s1. The van der Waals surface area contributed by atoms with Gasteiger partial charge in [-0.25, -0.2) is 4.79 Å². The van der Waals surface area contributed by atoms with Crippen LogP contribution in [0.3, 0.4) is 0 Å². The third kappa shape index (κ3) is 4.90. The zero-order chi connectivity index (χ0) is 26.4. The molecule has 0 unspecified atom stereocenters. The molecule has 37 heavy (non-hydrogen) atoms. The molecule has 2 amide bonds. The number of alkyl carbamates (subject to hydrolysis) is 1. The number of piperidine rings is 1. The van der Waals surface area contributed by atoms with Gasteiger partial charge in [-0.1, -0.05) is 30.3 Å². The van der Waals surface area contributed by atoms with Crippen molar-refractivity contribution >= 4 is 22.9 Å². The number of hydrogen-bond donors (Lipinski definition) is 4. The van der Waals surface area contributed by atoms with Crippen LogP contribution in [0.5, 0.6) is 5.75 Å². The fraction of sp³-hybridized carbons (Fsp3) is 0.448. The lowest BCUT2D eigenvalue weighted by molar-refractivity contribution is -0.135. The zero-order valence-electron chi connectivity index (χ0n) is 21.6. The summed E-state index contributed by atoms with van der Waals surface area (Å²) in [6, 6.07) is 12.5. The van der Waals surface area contributed by atoms with Crippen molar-refractivity contribution in [3.63, 3.8) is 0 Å². The highest BCUT2D eigenvalue weighted by Gasteiger charge is 2.47. The van der Waals surface area contributed by atoms with Gasteiger partial charge in [0.15, 0.2) is 0 Å². The first kappa shape index (κ1) is 25.1. The number of fused-ring (bicyclic) bond motifs is 3. The first-order valence-electron chi connectivity index (χ1n) is 12.9. The normalized spacial score (nSPS) is 19.6. The number of ether oxygens (including phenoxy) is 1. The van der Waals surface area contributed by atoms with Crippen LogP contribution >= 0.6 is 0 Å². The number of aliphatic hydroxyl groups excluding tert-OH is 1. The fourth-order valence-electron chi connectivity index (χ4n) is 5.97. The van der Waals surface area contributed by atoms with Crippen LogP contribution in [0, 0.1) is 0 Å². The number of aromatic hydroxyl groups is 1. The molecule has 1 saturated heterocycles. The van der Waals surface area contributed by atoms with Crippen molar-refractivity contribution in [3.8, 4) is 5.75 Å². The number of hydrogen-bond acceptors (Lipinski definition) is 5. The number of phenols is 1. The minimum atomic E-state index is -0.784. The number of aliphatic hydroxyl groups is 1. The highest BCUT2D eigenvalue weighted by molar-refractivity contribution is 5.88. The quantitative estimate of drug-likeness (QED) is 0.422. The van der Waals surface area contributed by atoms with Crippen LogP contribution in [0.4, 0.5) is 4.79 Å². The number of nitrogens with zero attached hydrogens (tertiary/aromatic N) is 1. The summed E-state index contributed by atoms with van der Waals surface area (Å²) >= 11 is 0. The molecule has 2 aliphatic rings. The highest BCUT2D eigenvalue weighted by Crippen LogP contribution is 2.53. The monoisotopic (exact) mass is 505 g/mol.